The first-order chi connectivity index (χ1) is 7.81. The molecule has 1 N–H and O–H groups in total. The van der Waals surface area contributed by atoms with Crippen LogP contribution in [0.2, 0.25) is 0 Å². The number of nitrogens with one attached hydrogen (secondary N) is 1. The van der Waals surface area contributed by atoms with Gasteiger partial charge in [0.1, 0.15) is 16.1 Å². The Kier molecular flexibility index (Phi) is 4.26. The van der Waals surface area contributed by atoms with Gasteiger partial charge in [-0.1, -0.05) is 18.3 Å². The fraction of sp³-hybridized carbons (Fsp3) is 0.818. The molecule has 1 saturated heterocycles. The third kappa shape index (κ3) is 2.78. The van der Waals surface area contributed by atoms with Gasteiger partial charge in [-0.2, -0.15) is 0 Å². The van der Waals surface area contributed by atoms with Crippen LogP contribution in [0.1, 0.15) is 55.3 Å². The molecule has 2 heterocycles. The van der Waals surface area contributed by atoms with Crippen LogP contribution in [0.5, 0.6) is 0 Å². The maximum Gasteiger partial charge on any atom is 0.146 e. The SMILES string of the molecule is CCCNC(C)c1nnc(C2CCCO2)s1. The molecule has 0 saturated carbocycles. The van der Waals surface area contributed by atoms with Gasteiger partial charge < -0.3 is 10.1 Å². The molecular formula is C11H19N3OS. The van der Waals surface area contributed by atoms with Crippen molar-refractivity contribution < 1.29 is 4.74 Å². The smallest absolute Gasteiger partial charge is 0.146 e. The van der Waals surface area contributed by atoms with Crippen LogP contribution in [0.15, 0.2) is 0 Å². The highest BCUT2D eigenvalue weighted by Crippen LogP contribution is 2.31. The molecule has 1 aromatic heterocycles. The zero-order chi connectivity index (χ0) is 11.4. The lowest BCUT2D eigenvalue weighted by molar-refractivity contribution is 0.111. The van der Waals surface area contributed by atoms with Crippen molar-refractivity contribution >= 4 is 11.3 Å². The van der Waals surface area contributed by atoms with E-state index in [-0.39, 0.29) is 6.10 Å². The van der Waals surface area contributed by atoms with Gasteiger partial charge in [0.25, 0.3) is 0 Å². The Balaban J connectivity index is 1.95. The fourth-order valence-electron chi connectivity index (χ4n) is 1.77. The van der Waals surface area contributed by atoms with E-state index in [9.17, 15) is 0 Å². The van der Waals surface area contributed by atoms with Crippen LogP contribution in [0, 0.1) is 0 Å². The molecule has 16 heavy (non-hydrogen) atoms. The van der Waals surface area contributed by atoms with Crippen LogP contribution in [0.4, 0.5) is 0 Å². The summed E-state index contributed by atoms with van der Waals surface area (Å²) in [6.07, 6.45) is 3.57. The Bertz CT molecular complexity index is 323. The monoisotopic (exact) mass is 241 g/mol. The second-order valence-electron chi connectivity index (χ2n) is 4.16. The Morgan fingerprint density at radius 2 is 2.44 bits per heavy atom. The minimum Gasteiger partial charge on any atom is -0.371 e. The van der Waals surface area contributed by atoms with E-state index < -0.39 is 0 Å². The maximum absolute atomic E-state index is 5.60. The Hall–Kier alpha value is -0.520. The minimum absolute atomic E-state index is 0.199. The topological polar surface area (TPSA) is 47.0 Å². The standard InChI is InChI=1S/C11H19N3OS/c1-3-6-12-8(2)10-13-14-11(16-10)9-5-4-7-15-9/h8-9,12H,3-7H2,1-2H3. The molecule has 2 unspecified atom stereocenters. The average Bonchev–Trinajstić information content (AvgIpc) is 2.94. The van der Waals surface area contributed by atoms with Crippen molar-refractivity contribution in [3.8, 4) is 0 Å². The molecule has 1 aliphatic rings. The molecule has 2 rings (SSSR count). The normalized spacial score (nSPS) is 22.5. The van der Waals surface area contributed by atoms with Crippen molar-refractivity contribution in [1.29, 1.82) is 0 Å². The summed E-state index contributed by atoms with van der Waals surface area (Å²) in [5.41, 5.74) is 0. The molecule has 0 bridgehead atoms. The second kappa shape index (κ2) is 5.70. The van der Waals surface area contributed by atoms with E-state index in [1.54, 1.807) is 11.3 Å². The van der Waals surface area contributed by atoms with Crippen molar-refractivity contribution in [3.63, 3.8) is 0 Å². The molecular weight excluding hydrogens is 222 g/mol. The highest BCUT2D eigenvalue weighted by molar-refractivity contribution is 7.11. The van der Waals surface area contributed by atoms with Crippen molar-refractivity contribution in [1.82, 2.24) is 15.5 Å². The zero-order valence-corrected chi connectivity index (χ0v) is 10.7. The van der Waals surface area contributed by atoms with E-state index >= 15 is 0 Å². The molecule has 1 aromatic rings. The fourth-order valence-corrected chi connectivity index (χ4v) is 2.73. The van der Waals surface area contributed by atoms with Gasteiger partial charge in [0, 0.05) is 6.61 Å². The summed E-state index contributed by atoms with van der Waals surface area (Å²) in [5.74, 6) is 0. The van der Waals surface area contributed by atoms with Crippen LogP contribution in [-0.4, -0.2) is 23.3 Å². The average molecular weight is 241 g/mol. The zero-order valence-electron chi connectivity index (χ0n) is 9.90. The van der Waals surface area contributed by atoms with Crippen molar-refractivity contribution in [2.45, 2.75) is 45.3 Å². The lowest BCUT2D eigenvalue weighted by Gasteiger charge is -2.08. The highest BCUT2D eigenvalue weighted by atomic mass is 32.1. The first kappa shape index (κ1) is 12.0. The van der Waals surface area contributed by atoms with Crippen LogP contribution in [0.3, 0.4) is 0 Å². The van der Waals surface area contributed by atoms with Crippen LogP contribution >= 0.6 is 11.3 Å². The summed E-state index contributed by atoms with van der Waals surface area (Å²) >= 11 is 1.68. The summed E-state index contributed by atoms with van der Waals surface area (Å²) in [5, 5.41) is 14.0. The van der Waals surface area contributed by atoms with Crippen LogP contribution in [-0.2, 0) is 4.74 Å². The van der Waals surface area contributed by atoms with Gasteiger partial charge in [0.15, 0.2) is 0 Å². The predicted molar refractivity (Wildman–Crippen MR) is 64.5 cm³/mol. The lowest BCUT2D eigenvalue weighted by atomic mass is 10.2. The van der Waals surface area contributed by atoms with E-state index in [2.05, 4.69) is 29.4 Å². The quantitative estimate of drug-likeness (QED) is 0.860. The van der Waals surface area contributed by atoms with E-state index in [4.69, 9.17) is 4.74 Å². The lowest BCUT2D eigenvalue weighted by Crippen LogP contribution is -2.19. The summed E-state index contributed by atoms with van der Waals surface area (Å²) in [6.45, 7) is 6.19. The van der Waals surface area contributed by atoms with E-state index in [0.717, 1.165) is 42.4 Å². The molecule has 2 atom stereocenters. The van der Waals surface area contributed by atoms with Gasteiger partial charge in [0.2, 0.25) is 0 Å². The maximum atomic E-state index is 5.60. The van der Waals surface area contributed by atoms with Gasteiger partial charge in [0.05, 0.1) is 6.04 Å². The summed E-state index contributed by atoms with van der Waals surface area (Å²) in [6, 6.07) is 0.299. The van der Waals surface area contributed by atoms with E-state index in [0.29, 0.717) is 6.04 Å². The van der Waals surface area contributed by atoms with Crippen molar-refractivity contribution in [3.05, 3.63) is 10.0 Å². The minimum atomic E-state index is 0.199. The molecule has 0 aliphatic carbocycles. The summed E-state index contributed by atoms with van der Waals surface area (Å²) in [7, 11) is 0. The number of ether oxygens (including phenoxy) is 1. The van der Waals surface area contributed by atoms with Gasteiger partial charge >= 0.3 is 0 Å². The van der Waals surface area contributed by atoms with Crippen LogP contribution < -0.4 is 5.32 Å². The number of nitrogens with zero attached hydrogens (tertiary/aromatic N) is 2. The predicted octanol–water partition coefficient (Wildman–Crippen LogP) is 2.45. The Morgan fingerprint density at radius 3 is 3.12 bits per heavy atom. The second-order valence-corrected chi connectivity index (χ2v) is 5.20. The molecule has 90 valence electrons. The van der Waals surface area contributed by atoms with Gasteiger partial charge in [-0.15, -0.1) is 10.2 Å². The van der Waals surface area contributed by atoms with E-state index in [1.807, 2.05) is 0 Å². The molecule has 4 nitrogen and oxygen atoms in total. The number of hydrogen-bond acceptors (Lipinski definition) is 5. The first-order valence-corrected chi connectivity index (χ1v) is 6.81. The van der Waals surface area contributed by atoms with Gasteiger partial charge in [-0.3, -0.25) is 0 Å². The summed E-state index contributed by atoms with van der Waals surface area (Å²) in [4.78, 5) is 0. The number of hydrogen-bond donors (Lipinski definition) is 1. The Labute approximate surface area is 100 Å². The molecule has 0 radical (unpaired) electrons. The van der Waals surface area contributed by atoms with Crippen molar-refractivity contribution in [2.24, 2.45) is 0 Å². The third-order valence-electron chi connectivity index (χ3n) is 2.73. The molecule has 1 fully saturated rings. The largest absolute Gasteiger partial charge is 0.371 e. The van der Waals surface area contributed by atoms with Gasteiger partial charge in [-0.05, 0) is 32.7 Å². The highest BCUT2D eigenvalue weighted by Gasteiger charge is 2.22. The molecule has 0 spiro atoms. The van der Waals surface area contributed by atoms with Crippen LogP contribution in [0.25, 0.3) is 0 Å². The van der Waals surface area contributed by atoms with Gasteiger partial charge in [-0.25, -0.2) is 0 Å². The molecule has 5 heteroatoms. The number of aromatic nitrogens is 2. The number of rotatable bonds is 5. The molecule has 1 aliphatic heterocycles. The third-order valence-corrected chi connectivity index (χ3v) is 3.93. The van der Waals surface area contributed by atoms with Crippen molar-refractivity contribution in [2.75, 3.05) is 13.2 Å². The molecule has 0 amide bonds. The Morgan fingerprint density at radius 1 is 1.56 bits per heavy atom. The molecule has 0 aromatic carbocycles. The van der Waals surface area contributed by atoms with E-state index in [1.165, 1.54) is 0 Å². The first-order valence-electron chi connectivity index (χ1n) is 5.99. The summed E-state index contributed by atoms with van der Waals surface area (Å²) < 4.78 is 5.60.